The van der Waals surface area contributed by atoms with Gasteiger partial charge in [0.2, 0.25) is 0 Å². The molecule has 1 heterocycles. The Balaban J connectivity index is 1.57. The van der Waals surface area contributed by atoms with Gasteiger partial charge in [-0.1, -0.05) is 18.2 Å². The molecule has 2 saturated carbocycles. The monoisotopic (exact) mass is 321 g/mol. The molecule has 23 heavy (non-hydrogen) atoms. The summed E-state index contributed by atoms with van der Waals surface area (Å²) >= 11 is 0. The highest BCUT2D eigenvalue weighted by atomic mass is 19.4. The van der Waals surface area contributed by atoms with Gasteiger partial charge in [-0.15, -0.1) is 13.2 Å². The molecule has 1 aromatic carbocycles. The van der Waals surface area contributed by atoms with Gasteiger partial charge < -0.3 is 4.74 Å². The Bertz CT molecular complexity index is 706. The van der Waals surface area contributed by atoms with Crippen molar-refractivity contribution in [2.45, 2.75) is 44.0 Å². The third kappa shape index (κ3) is 2.82. The standard InChI is InChI=1S/C17H16F3N2O/c18-17(19,20)23-16-7-2-1-6-12(16)13-10-14(13)15-8-9-21-22(15)11-4-3-5-11/h1-2,6-9,11,13H,3-5,10H2. The van der Waals surface area contributed by atoms with Crippen molar-refractivity contribution in [2.24, 2.45) is 0 Å². The highest BCUT2D eigenvalue weighted by molar-refractivity contribution is 5.51. The second-order valence-corrected chi connectivity index (χ2v) is 6.11. The number of halogens is 3. The van der Waals surface area contributed by atoms with E-state index < -0.39 is 6.36 Å². The summed E-state index contributed by atoms with van der Waals surface area (Å²) in [7, 11) is 0. The minimum Gasteiger partial charge on any atom is -0.405 e. The van der Waals surface area contributed by atoms with E-state index in [0.29, 0.717) is 11.6 Å². The summed E-state index contributed by atoms with van der Waals surface area (Å²) in [5, 5.41) is 4.39. The number of nitrogens with zero attached hydrogens (tertiary/aromatic N) is 2. The van der Waals surface area contributed by atoms with Crippen LogP contribution in [0.2, 0.25) is 0 Å². The summed E-state index contributed by atoms with van der Waals surface area (Å²) in [5.41, 5.74) is 1.66. The Kier molecular flexibility index (Phi) is 3.36. The van der Waals surface area contributed by atoms with Gasteiger partial charge in [-0.05, 0) is 43.4 Å². The van der Waals surface area contributed by atoms with Gasteiger partial charge in [-0.2, -0.15) is 5.10 Å². The van der Waals surface area contributed by atoms with Gasteiger partial charge >= 0.3 is 6.36 Å². The van der Waals surface area contributed by atoms with Gasteiger partial charge in [0, 0.05) is 23.7 Å². The third-order valence-corrected chi connectivity index (χ3v) is 4.62. The number of hydrogen-bond acceptors (Lipinski definition) is 2. The van der Waals surface area contributed by atoms with Crippen LogP contribution in [0.5, 0.6) is 5.75 Å². The quantitative estimate of drug-likeness (QED) is 0.822. The average Bonchev–Trinajstić information content (AvgIpc) is 3.07. The number of rotatable bonds is 4. The van der Waals surface area contributed by atoms with Crippen LogP contribution < -0.4 is 4.74 Å². The van der Waals surface area contributed by atoms with E-state index in [4.69, 9.17) is 0 Å². The topological polar surface area (TPSA) is 27.1 Å². The van der Waals surface area contributed by atoms with Crippen LogP contribution in [-0.4, -0.2) is 16.1 Å². The average molecular weight is 321 g/mol. The summed E-state index contributed by atoms with van der Waals surface area (Å²) in [6.07, 6.45) is 1.33. The minimum absolute atomic E-state index is 0.0101. The number of benzene rings is 1. The fourth-order valence-electron chi connectivity index (χ4n) is 3.22. The zero-order chi connectivity index (χ0) is 16.0. The number of ether oxygens (including phenoxy) is 1. The predicted molar refractivity (Wildman–Crippen MR) is 77.9 cm³/mol. The van der Waals surface area contributed by atoms with E-state index >= 15 is 0 Å². The smallest absolute Gasteiger partial charge is 0.405 e. The van der Waals surface area contributed by atoms with Gasteiger partial charge in [-0.3, -0.25) is 4.68 Å². The van der Waals surface area contributed by atoms with Gasteiger partial charge in [0.15, 0.2) is 0 Å². The molecule has 2 aliphatic carbocycles. The molecule has 121 valence electrons. The maximum absolute atomic E-state index is 12.6. The Morgan fingerprint density at radius 1 is 1.13 bits per heavy atom. The Hall–Kier alpha value is -1.98. The first-order valence-corrected chi connectivity index (χ1v) is 7.77. The fourth-order valence-corrected chi connectivity index (χ4v) is 3.22. The zero-order valence-electron chi connectivity index (χ0n) is 12.4. The molecule has 0 spiro atoms. The maximum Gasteiger partial charge on any atom is 0.573 e. The number of para-hydroxylation sites is 1. The van der Waals surface area contributed by atoms with Crippen molar-refractivity contribution in [3.8, 4) is 5.75 Å². The van der Waals surface area contributed by atoms with Gasteiger partial charge in [-0.25, -0.2) is 0 Å². The summed E-state index contributed by atoms with van der Waals surface area (Å²) in [4.78, 5) is 0. The largest absolute Gasteiger partial charge is 0.573 e. The minimum atomic E-state index is -4.67. The van der Waals surface area contributed by atoms with Crippen molar-refractivity contribution in [1.82, 2.24) is 9.78 Å². The molecule has 2 aromatic rings. The van der Waals surface area contributed by atoms with Crippen molar-refractivity contribution in [2.75, 3.05) is 0 Å². The summed E-state index contributed by atoms with van der Waals surface area (Å²) in [5.74, 6) is 1.03. The Morgan fingerprint density at radius 3 is 2.61 bits per heavy atom. The fraction of sp³-hybridized carbons (Fsp3) is 0.412. The van der Waals surface area contributed by atoms with Crippen molar-refractivity contribution < 1.29 is 17.9 Å². The van der Waals surface area contributed by atoms with Crippen LogP contribution >= 0.6 is 0 Å². The van der Waals surface area contributed by atoms with Crippen LogP contribution in [0, 0.1) is 5.92 Å². The maximum atomic E-state index is 12.6. The van der Waals surface area contributed by atoms with E-state index in [1.807, 2.05) is 10.7 Å². The van der Waals surface area contributed by atoms with Crippen molar-refractivity contribution in [3.63, 3.8) is 0 Å². The van der Waals surface area contributed by atoms with Gasteiger partial charge in [0.1, 0.15) is 5.75 Å². The van der Waals surface area contributed by atoms with Crippen molar-refractivity contribution in [3.05, 3.63) is 53.7 Å². The Labute approximate surface area is 132 Å². The number of alkyl halides is 3. The second-order valence-electron chi connectivity index (χ2n) is 6.11. The molecule has 0 amide bonds. The van der Waals surface area contributed by atoms with Gasteiger partial charge in [0.25, 0.3) is 0 Å². The molecule has 0 N–H and O–H groups in total. The lowest BCUT2D eigenvalue weighted by Crippen LogP contribution is -2.20. The first kappa shape index (κ1) is 14.6. The molecule has 1 atom stereocenters. The molecule has 0 saturated heterocycles. The molecule has 2 fully saturated rings. The normalized spacial score (nSPS) is 22.0. The molecule has 0 bridgehead atoms. The van der Waals surface area contributed by atoms with E-state index in [1.54, 1.807) is 24.4 Å². The molecule has 0 aliphatic heterocycles. The molecule has 6 heteroatoms. The lowest BCUT2D eigenvalue weighted by atomic mass is 9.93. The van der Waals surface area contributed by atoms with Crippen LogP contribution in [0.1, 0.15) is 48.9 Å². The van der Waals surface area contributed by atoms with Crippen LogP contribution in [0.15, 0.2) is 36.5 Å². The molecule has 1 aromatic heterocycles. The van der Waals surface area contributed by atoms with E-state index in [-0.39, 0.29) is 11.7 Å². The Morgan fingerprint density at radius 2 is 1.91 bits per heavy atom. The van der Waals surface area contributed by atoms with E-state index in [2.05, 4.69) is 9.84 Å². The van der Waals surface area contributed by atoms with E-state index in [0.717, 1.165) is 30.9 Å². The summed E-state index contributed by atoms with van der Waals surface area (Å²) in [6, 6.07) is 8.80. The van der Waals surface area contributed by atoms with Gasteiger partial charge in [0.05, 0.1) is 6.04 Å². The molecular formula is C17H16F3N2O. The highest BCUT2D eigenvalue weighted by Crippen LogP contribution is 2.56. The van der Waals surface area contributed by atoms with Crippen LogP contribution in [0.3, 0.4) is 0 Å². The summed E-state index contributed by atoms with van der Waals surface area (Å²) in [6.45, 7) is 0. The van der Waals surface area contributed by atoms with Crippen LogP contribution in [0.4, 0.5) is 13.2 Å². The highest BCUT2D eigenvalue weighted by Gasteiger charge is 2.45. The SMILES string of the molecule is FC(F)(F)Oc1ccccc1C1C[C]1c1ccnn1C1CCC1. The third-order valence-electron chi connectivity index (χ3n) is 4.62. The first-order chi connectivity index (χ1) is 11.0. The van der Waals surface area contributed by atoms with Crippen molar-refractivity contribution in [1.29, 1.82) is 0 Å². The molecule has 3 nitrogen and oxygen atoms in total. The van der Waals surface area contributed by atoms with Crippen LogP contribution in [-0.2, 0) is 0 Å². The molecule has 1 radical (unpaired) electrons. The number of hydrogen-bond donors (Lipinski definition) is 0. The second kappa shape index (κ2) is 5.28. The predicted octanol–water partition coefficient (Wildman–Crippen LogP) is 4.62. The number of aromatic nitrogens is 2. The van der Waals surface area contributed by atoms with Crippen LogP contribution in [0.25, 0.3) is 0 Å². The molecule has 2 aliphatic rings. The van der Waals surface area contributed by atoms with Crippen molar-refractivity contribution >= 4 is 0 Å². The molecule has 4 rings (SSSR count). The lowest BCUT2D eigenvalue weighted by molar-refractivity contribution is -0.274. The molecular weight excluding hydrogens is 305 g/mol. The first-order valence-electron chi connectivity index (χ1n) is 7.77. The zero-order valence-corrected chi connectivity index (χ0v) is 12.4. The molecule has 1 unspecified atom stereocenters. The lowest BCUT2D eigenvalue weighted by Gasteiger charge is -2.27. The summed E-state index contributed by atoms with van der Waals surface area (Å²) < 4.78 is 43.9. The van der Waals surface area contributed by atoms with E-state index in [1.165, 1.54) is 12.5 Å². The van der Waals surface area contributed by atoms with E-state index in [9.17, 15) is 13.2 Å².